The number of aliphatic hydroxyl groups is 1. The van der Waals surface area contributed by atoms with Crippen molar-refractivity contribution < 1.29 is 53.4 Å². The minimum atomic E-state index is -1.80. The van der Waals surface area contributed by atoms with E-state index in [1.54, 1.807) is 0 Å². The number of guanidine groups is 3. The molecule has 0 fully saturated rings. The van der Waals surface area contributed by atoms with Crippen LogP contribution in [-0.4, -0.2) is 188 Å². The van der Waals surface area contributed by atoms with E-state index in [-0.39, 0.29) is 127 Å². The van der Waals surface area contributed by atoms with Crippen LogP contribution < -0.4 is 111 Å². The van der Waals surface area contributed by atoms with Crippen molar-refractivity contribution in [3.63, 3.8) is 0 Å². The zero-order valence-electron chi connectivity index (χ0n) is 51.3. The van der Waals surface area contributed by atoms with Crippen molar-refractivity contribution in [3.8, 4) is 5.75 Å². The van der Waals surface area contributed by atoms with Gasteiger partial charge in [0.15, 0.2) is 17.9 Å². The highest BCUT2D eigenvalue weighted by atomic mass is 16.3. The van der Waals surface area contributed by atoms with Crippen LogP contribution in [-0.2, 0) is 49.6 Å². The number of hydrogen-bond acceptors (Lipinski definition) is 19. The van der Waals surface area contributed by atoms with Gasteiger partial charge in [-0.1, -0.05) is 12.1 Å². The number of aliphatic hydroxyl groups excluding tert-OH is 1. The van der Waals surface area contributed by atoms with E-state index in [1.165, 1.54) is 31.2 Å². The molecule has 0 spiro atoms. The van der Waals surface area contributed by atoms with Crippen molar-refractivity contribution >= 4 is 71.0 Å². The molecule has 0 aliphatic heterocycles. The molecule has 34 nitrogen and oxygen atoms in total. The highest BCUT2D eigenvalue weighted by Gasteiger charge is 2.36. The zero-order chi connectivity index (χ0) is 66.8. The molecule has 0 aromatic heterocycles. The average molecular weight is 1260 g/mol. The summed E-state index contributed by atoms with van der Waals surface area (Å²) in [5.74, 6) is -8.38. The van der Waals surface area contributed by atoms with Crippen molar-refractivity contribution in [2.45, 2.75) is 189 Å². The highest BCUT2D eigenvalue weighted by Crippen LogP contribution is 2.15. The molecule has 1 rings (SSSR count). The molecule has 1 aromatic rings. The Labute approximate surface area is 520 Å². The van der Waals surface area contributed by atoms with Crippen LogP contribution in [0.15, 0.2) is 39.2 Å². The standard InChI is InChI=1S/C55H103N23O11/c1-32(79)43(52(89)76-41(19-12-30-70-55(66)67)48(85)74-40(18-11-29-69-54(64)65)46(83)71-36(44(61)81)14-2-6-24-56)78-50(87)39(17-5-9-27-59)75-51(88)42(31-33-20-22-34(80)23-21-33)77-49(86)38(16-4-8-26-58)73-47(84)37(15-3-7-25-57)72-45(82)35(60)13-10-28-68-53(62)63/h20-23,32,35-43,79-80H,2-19,24-31,56-60H2,1H3,(H2,61,81)(H,71,83)(H,72,82)(H,73,84)(H,74,85)(H,75,88)(H,76,89)(H,77,86)(H,78,87)(H4,62,63,68)(H4,64,65,69)(H4,66,67,70)/t32?,35-,36-,37-,38-,39-,40-,41-,42-,43-/m0/s1. The monoisotopic (exact) mass is 1260 g/mol. The van der Waals surface area contributed by atoms with Gasteiger partial charge < -0.3 is 122 Å². The predicted molar refractivity (Wildman–Crippen MR) is 337 cm³/mol. The molecule has 9 amide bonds. The lowest BCUT2D eigenvalue weighted by Gasteiger charge is -2.29. The van der Waals surface area contributed by atoms with Gasteiger partial charge in [-0.3, -0.25) is 58.1 Å². The molecule has 0 aliphatic rings. The first-order valence-corrected chi connectivity index (χ1v) is 30.2. The van der Waals surface area contributed by atoms with Crippen LogP contribution in [0.4, 0.5) is 0 Å². The Kier molecular flexibility index (Phi) is 40.0. The molecule has 0 aliphatic carbocycles. The fraction of sp³-hybridized carbons (Fsp3) is 0.673. The number of rotatable bonds is 48. The molecule has 0 heterocycles. The van der Waals surface area contributed by atoms with E-state index in [9.17, 15) is 53.4 Å². The minimum Gasteiger partial charge on any atom is -0.508 e. The molecule has 504 valence electrons. The second-order valence-corrected chi connectivity index (χ2v) is 21.5. The van der Waals surface area contributed by atoms with Gasteiger partial charge in [0.05, 0.1) is 12.1 Å². The van der Waals surface area contributed by atoms with Crippen LogP contribution in [0.5, 0.6) is 5.75 Å². The van der Waals surface area contributed by atoms with E-state index < -0.39 is 114 Å². The smallest absolute Gasteiger partial charge is 0.245 e. The second-order valence-electron chi connectivity index (χ2n) is 21.5. The van der Waals surface area contributed by atoms with Gasteiger partial charge in [0.25, 0.3) is 0 Å². The normalized spacial score (nSPS) is 14.4. The van der Waals surface area contributed by atoms with Crippen molar-refractivity contribution in [2.75, 3.05) is 45.8 Å². The number of nitrogens with one attached hydrogen (secondary N) is 8. The molecule has 10 atom stereocenters. The van der Waals surface area contributed by atoms with Crippen LogP contribution in [0.1, 0.15) is 128 Å². The lowest BCUT2D eigenvalue weighted by Crippen LogP contribution is -2.62. The molecule has 0 bridgehead atoms. The average Bonchev–Trinajstić information content (AvgIpc) is 3.59. The molecule has 0 saturated carbocycles. The molecule has 34 N–H and O–H groups in total. The number of carbonyl (C=O) groups excluding carboxylic acids is 9. The SMILES string of the molecule is CC(O)[C@H](NC(=O)[C@H](CCCCN)NC(=O)[C@H](Cc1ccc(O)cc1)NC(=O)[C@H](CCCCN)NC(=O)[C@H](CCCCN)NC(=O)[C@@H](N)CCCN=C(N)N)C(=O)N[C@@H](CCCN=C(N)N)C(=O)N[C@@H](CCCN=C(N)N)C(=O)N[C@@H](CCCCN)C(N)=O. The van der Waals surface area contributed by atoms with E-state index in [4.69, 9.17) is 68.8 Å². The summed E-state index contributed by atoms with van der Waals surface area (Å²) in [7, 11) is 0. The molecular weight excluding hydrogens is 1160 g/mol. The third kappa shape index (κ3) is 34.2. The number of carbonyl (C=O) groups is 9. The van der Waals surface area contributed by atoms with Crippen molar-refractivity contribution in [1.29, 1.82) is 0 Å². The number of unbranched alkanes of at least 4 members (excludes halogenated alkanes) is 4. The number of amides is 9. The highest BCUT2D eigenvalue weighted by molar-refractivity contribution is 5.98. The number of benzene rings is 1. The van der Waals surface area contributed by atoms with Gasteiger partial charge in [-0.25, -0.2) is 0 Å². The van der Waals surface area contributed by atoms with Gasteiger partial charge >= 0.3 is 0 Å². The Balaban J connectivity index is 3.72. The molecule has 0 radical (unpaired) electrons. The minimum absolute atomic E-state index is 0.0115. The maximum absolute atomic E-state index is 14.7. The molecular formula is C55H103N23O11. The van der Waals surface area contributed by atoms with Crippen LogP contribution in [0, 0.1) is 0 Å². The topological polar surface area (TPSA) is 640 Å². The molecule has 0 saturated heterocycles. The first-order valence-electron chi connectivity index (χ1n) is 30.2. The quantitative estimate of drug-likeness (QED) is 0.0164. The maximum atomic E-state index is 14.7. The van der Waals surface area contributed by atoms with Gasteiger partial charge in [0.2, 0.25) is 53.2 Å². The number of primary amides is 1. The number of aliphatic imine (C=N–C) groups is 3. The van der Waals surface area contributed by atoms with Crippen molar-refractivity contribution in [3.05, 3.63) is 29.8 Å². The van der Waals surface area contributed by atoms with E-state index in [0.29, 0.717) is 70.0 Å². The van der Waals surface area contributed by atoms with E-state index in [1.807, 2.05) is 0 Å². The first kappa shape index (κ1) is 78.8. The van der Waals surface area contributed by atoms with Gasteiger partial charge in [-0.2, -0.15) is 0 Å². The number of aromatic hydroxyl groups is 1. The fourth-order valence-electron chi connectivity index (χ4n) is 8.90. The zero-order valence-corrected chi connectivity index (χ0v) is 51.3. The van der Waals surface area contributed by atoms with Crippen LogP contribution in [0.3, 0.4) is 0 Å². The Morgan fingerprint density at radius 3 is 1.03 bits per heavy atom. The Hall–Kier alpha value is -8.18. The number of nitrogens with zero attached hydrogens (tertiary/aromatic N) is 3. The maximum Gasteiger partial charge on any atom is 0.245 e. The summed E-state index contributed by atoms with van der Waals surface area (Å²) in [6.07, 6.45) is 2.24. The third-order valence-corrected chi connectivity index (χ3v) is 13.9. The predicted octanol–water partition coefficient (Wildman–Crippen LogP) is -7.32. The van der Waals surface area contributed by atoms with Gasteiger partial charge in [-0.15, -0.1) is 0 Å². The van der Waals surface area contributed by atoms with Crippen molar-refractivity contribution in [2.24, 2.45) is 83.8 Å². The number of phenolic OH excluding ortho intramolecular Hbond substituents is 1. The van der Waals surface area contributed by atoms with E-state index in [2.05, 4.69) is 57.5 Å². The van der Waals surface area contributed by atoms with E-state index in [0.717, 1.165) is 0 Å². The van der Waals surface area contributed by atoms with Crippen molar-refractivity contribution in [1.82, 2.24) is 42.5 Å². The third-order valence-electron chi connectivity index (χ3n) is 13.9. The summed E-state index contributed by atoms with van der Waals surface area (Å²) < 4.78 is 0. The Morgan fingerprint density at radius 1 is 0.393 bits per heavy atom. The second kappa shape index (κ2) is 45.1. The molecule has 34 heteroatoms. The Bertz CT molecular complexity index is 2420. The summed E-state index contributed by atoms with van der Waals surface area (Å²) in [6.45, 7) is 2.50. The van der Waals surface area contributed by atoms with Gasteiger partial charge in [0.1, 0.15) is 54.1 Å². The first-order chi connectivity index (χ1) is 42.3. The summed E-state index contributed by atoms with van der Waals surface area (Å²) >= 11 is 0. The lowest BCUT2D eigenvalue weighted by atomic mass is 10.0. The number of hydrogen-bond donors (Lipinski definition) is 22. The summed E-state index contributed by atoms with van der Waals surface area (Å²) in [6, 6.07) is -6.47. The molecule has 89 heavy (non-hydrogen) atoms. The van der Waals surface area contributed by atoms with Crippen LogP contribution in [0.25, 0.3) is 0 Å². The fourth-order valence-corrected chi connectivity index (χ4v) is 8.90. The summed E-state index contributed by atoms with van der Waals surface area (Å²) in [5, 5.41) is 42.2. The molecule has 1 unspecified atom stereocenters. The van der Waals surface area contributed by atoms with E-state index >= 15 is 0 Å². The van der Waals surface area contributed by atoms with Gasteiger partial charge in [-0.05, 0) is 166 Å². The summed E-state index contributed by atoms with van der Waals surface area (Å²) in [5.41, 5.74) is 68.0. The lowest BCUT2D eigenvalue weighted by molar-refractivity contribution is -0.137. The summed E-state index contributed by atoms with van der Waals surface area (Å²) in [4.78, 5) is 138. The van der Waals surface area contributed by atoms with Gasteiger partial charge in [0, 0.05) is 26.1 Å². The van der Waals surface area contributed by atoms with Crippen LogP contribution >= 0.6 is 0 Å². The molecule has 1 aromatic carbocycles. The largest absolute Gasteiger partial charge is 0.508 e. The van der Waals surface area contributed by atoms with Crippen LogP contribution in [0.2, 0.25) is 0 Å². The number of nitrogens with two attached hydrogens (primary N) is 12. The Morgan fingerprint density at radius 2 is 0.685 bits per heavy atom. The number of phenols is 1.